The van der Waals surface area contributed by atoms with E-state index in [1.807, 2.05) is 0 Å². The summed E-state index contributed by atoms with van der Waals surface area (Å²) in [5.74, 6) is -0.268. The van der Waals surface area contributed by atoms with E-state index in [2.05, 4.69) is 5.32 Å². The van der Waals surface area contributed by atoms with Crippen LogP contribution in [0.15, 0.2) is 0 Å². The number of nitrogens with zero attached hydrogens (tertiary/aromatic N) is 1. The number of unbranched alkanes of at least 4 members (excludes halogenated alkanes) is 1. The topological polar surface area (TPSA) is 69.6 Å². The summed E-state index contributed by atoms with van der Waals surface area (Å²) in [5, 5.41) is 12.0. The van der Waals surface area contributed by atoms with E-state index in [9.17, 15) is 9.59 Å². The van der Waals surface area contributed by atoms with Crippen molar-refractivity contribution in [2.45, 2.75) is 57.8 Å². The Hall–Kier alpha value is -1.26. The molecule has 2 fully saturated rings. The summed E-state index contributed by atoms with van der Waals surface area (Å²) >= 11 is 0. The average Bonchev–Trinajstić information content (AvgIpc) is 3.00. The van der Waals surface area contributed by atoms with Gasteiger partial charge >= 0.3 is 12.0 Å². The molecule has 0 spiro atoms. The van der Waals surface area contributed by atoms with Gasteiger partial charge in [0.25, 0.3) is 0 Å². The van der Waals surface area contributed by atoms with Crippen LogP contribution in [0.5, 0.6) is 0 Å². The molecule has 5 heteroatoms. The number of aliphatic carboxylic acids is 1. The Kier molecular flexibility index (Phi) is 6.33. The van der Waals surface area contributed by atoms with Gasteiger partial charge in [-0.3, -0.25) is 4.79 Å². The first-order valence-corrected chi connectivity index (χ1v) is 8.42. The van der Waals surface area contributed by atoms with Crippen molar-refractivity contribution in [2.24, 2.45) is 11.8 Å². The van der Waals surface area contributed by atoms with E-state index in [4.69, 9.17) is 5.11 Å². The maximum atomic E-state index is 12.0. The summed E-state index contributed by atoms with van der Waals surface area (Å²) in [6.07, 6.45) is 10.5. The molecule has 0 aromatic rings. The van der Waals surface area contributed by atoms with Crippen molar-refractivity contribution in [2.75, 3.05) is 19.6 Å². The molecule has 1 saturated heterocycles. The van der Waals surface area contributed by atoms with Gasteiger partial charge < -0.3 is 15.3 Å². The summed E-state index contributed by atoms with van der Waals surface area (Å²) in [6, 6.07) is -0.0955. The second kappa shape index (κ2) is 8.25. The van der Waals surface area contributed by atoms with Crippen LogP contribution >= 0.6 is 0 Å². The zero-order valence-corrected chi connectivity index (χ0v) is 12.9. The highest BCUT2D eigenvalue weighted by Gasteiger charge is 2.27. The van der Waals surface area contributed by atoms with Crippen LogP contribution in [0.2, 0.25) is 0 Å². The molecule has 0 radical (unpaired) electrons. The highest BCUT2D eigenvalue weighted by molar-refractivity contribution is 5.76. The van der Waals surface area contributed by atoms with Gasteiger partial charge in [0.1, 0.15) is 0 Å². The van der Waals surface area contributed by atoms with Gasteiger partial charge in [-0.05, 0) is 25.2 Å². The third-order valence-electron chi connectivity index (χ3n) is 4.85. The Morgan fingerprint density at radius 1 is 1.10 bits per heavy atom. The molecule has 1 unspecified atom stereocenters. The van der Waals surface area contributed by atoms with E-state index in [0.717, 1.165) is 18.8 Å². The van der Waals surface area contributed by atoms with Gasteiger partial charge in [-0.2, -0.15) is 0 Å². The molecule has 1 saturated carbocycles. The lowest BCUT2D eigenvalue weighted by atomic mass is 9.99. The fraction of sp³-hybridized carbons (Fsp3) is 0.875. The van der Waals surface area contributed by atoms with Crippen molar-refractivity contribution >= 4 is 12.0 Å². The number of urea groups is 1. The highest BCUT2D eigenvalue weighted by Crippen LogP contribution is 2.28. The molecule has 1 aliphatic carbocycles. The third-order valence-corrected chi connectivity index (χ3v) is 4.85. The molecule has 1 atom stereocenters. The molecular formula is C16H28N2O3. The number of carbonyl (C=O) groups is 2. The fourth-order valence-corrected chi connectivity index (χ4v) is 3.53. The Morgan fingerprint density at radius 3 is 2.57 bits per heavy atom. The van der Waals surface area contributed by atoms with Crippen LogP contribution in [0.1, 0.15) is 57.8 Å². The minimum Gasteiger partial charge on any atom is -0.481 e. The SMILES string of the molecule is O=C(O)C1CCCN(C(=O)NCCCCC2CCCC2)C1. The number of amides is 2. The molecule has 21 heavy (non-hydrogen) atoms. The van der Waals surface area contributed by atoms with Crippen molar-refractivity contribution < 1.29 is 14.7 Å². The van der Waals surface area contributed by atoms with E-state index < -0.39 is 11.9 Å². The molecular weight excluding hydrogens is 268 g/mol. The zero-order valence-electron chi connectivity index (χ0n) is 12.9. The average molecular weight is 296 g/mol. The Labute approximate surface area is 127 Å². The Morgan fingerprint density at radius 2 is 1.86 bits per heavy atom. The Balaban J connectivity index is 1.57. The number of carboxylic acid groups (broad SMARTS) is 1. The summed E-state index contributed by atoms with van der Waals surface area (Å²) < 4.78 is 0. The van der Waals surface area contributed by atoms with Gasteiger partial charge in [0.15, 0.2) is 0 Å². The standard InChI is InChI=1S/C16H28N2O3/c19-15(20)14-9-5-11-18(12-14)16(21)17-10-4-3-8-13-6-1-2-7-13/h13-14H,1-12H2,(H,17,21)(H,19,20). The van der Waals surface area contributed by atoms with Crippen molar-refractivity contribution in [3.63, 3.8) is 0 Å². The lowest BCUT2D eigenvalue weighted by Crippen LogP contribution is -2.47. The van der Waals surface area contributed by atoms with E-state index in [-0.39, 0.29) is 6.03 Å². The third kappa shape index (κ3) is 5.21. The van der Waals surface area contributed by atoms with Crippen molar-refractivity contribution in [1.29, 1.82) is 0 Å². The summed E-state index contributed by atoms with van der Waals surface area (Å²) in [4.78, 5) is 24.6. The van der Waals surface area contributed by atoms with E-state index >= 15 is 0 Å². The first-order chi connectivity index (χ1) is 10.2. The molecule has 1 aliphatic heterocycles. The fourth-order valence-electron chi connectivity index (χ4n) is 3.53. The van der Waals surface area contributed by atoms with Crippen LogP contribution in [0.3, 0.4) is 0 Å². The molecule has 5 nitrogen and oxygen atoms in total. The number of carboxylic acids is 1. The van der Waals surface area contributed by atoms with Gasteiger partial charge in [-0.1, -0.05) is 38.5 Å². The molecule has 0 aromatic carbocycles. The number of likely N-dealkylation sites (tertiary alicyclic amines) is 1. The zero-order chi connectivity index (χ0) is 15.1. The second-order valence-corrected chi connectivity index (χ2v) is 6.50. The van der Waals surface area contributed by atoms with Crippen LogP contribution in [-0.4, -0.2) is 41.6 Å². The quantitative estimate of drug-likeness (QED) is 0.740. The van der Waals surface area contributed by atoms with Crippen LogP contribution in [-0.2, 0) is 4.79 Å². The maximum absolute atomic E-state index is 12.0. The number of carbonyl (C=O) groups excluding carboxylic acids is 1. The van der Waals surface area contributed by atoms with Crippen LogP contribution in [0, 0.1) is 11.8 Å². The Bertz CT molecular complexity index is 353. The largest absolute Gasteiger partial charge is 0.481 e. The molecule has 2 rings (SSSR count). The molecule has 0 bridgehead atoms. The smallest absolute Gasteiger partial charge is 0.317 e. The van der Waals surface area contributed by atoms with Crippen molar-refractivity contribution in [3.05, 3.63) is 0 Å². The highest BCUT2D eigenvalue weighted by atomic mass is 16.4. The normalized spacial score (nSPS) is 23.2. The molecule has 2 amide bonds. The predicted molar refractivity (Wildman–Crippen MR) is 81.1 cm³/mol. The summed E-state index contributed by atoms with van der Waals surface area (Å²) in [5.41, 5.74) is 0. The number of hydrogen-bond donors (Lipinski definition) is 2. The van der Waals surface area contributed by atoms with Gasteiger partial charge in [-0.15, -0.1) is 0 Å². The number of nitrogens with one attached hydrogen (secondary N) is 1. The van der Waals surface area contributed by atoms with Crippen molar-refractivity contribution in [1.82, 2.24) is 10.2 Å². The number of rotatable bonds is 6. The summed E-state index contributed by atoms with van der Waals surface area (Å²) in [6.45, 7) is 1.74. The minimum absolute atomic E-state index is 0.0955. The van der Waals surface area contributed by atoms with Gasteiger partial charge in [-0.25, -0.2) is 4.79 Å². The molecule has 1 heterocycles. The van der Waals surface area contributed by atoms with Gasteiger partial charge in [0, 0.05) is 19.6 Å². The number of hydrogen-bond acceptors (Lipinski definition) is 2. The first kappa shape index (κ1) is 16.1. The van der Waals surface area contributed by atoms with Crippen LogP contribution in [0.4, 0.5) is 4.79 Å². The summed E-state index contributed by atoms with van der Waals surface area (Å²) in [7, 11) is 0. The maximum Gasteiger partial charge on any atom is 0.317 e. The molecule has 0 aromatic heterocycles. The van der Waals surface area contributed by atoms with Gasteiger partial charge in [0.05, 0.1) is 5.92 Å². The van der Waals surface area contributed by atoms with Crippen molar-refractivity contribution in [3.8, 4) is 0 Å². The molecule has 2 N–H and O–H groups in total. The van der Waals surface area contributed by atoms with E-state index in [0.29, 0.717) is 26.1 Å². The monoisotopic (exact) mass is 296 g/mol. The lowest BCUT2D eigenvalue weighted by Gasteiger charge is -2.30. The second-order valence-electron chi connectivity index (χ2n) is 6.50. The lowest BCUT2D eigenvalue weighted by molar-refractivity contribution is -0.143. The van der Waals surface area contributed by atoms with Gasteiger partial charge in [0.2, 0.25) is 0 Å². The molecule has 2 aliphatic rings. The van der Waals surface area contributed by atoms with Crippen LogP contribution in [0.25, 0.3) is 0 Å². The minimum atomic E-state index is -0.788. The molecule has 120 valence electrons. The first-order valence-electron chi connectivity index (χ1n) is 8.42. The van der Waals surface area contributed by atoms with Crippen LogP contribution < -0.4 is 5.32 Å². The number of piperidine rings is 1. The van der Waals surface area contributed by atoms with E-state index in [1.165, 1.54) is 38.5 Å². The van der Waals surface area contributed by atoms with E-state index in [1.54, 1.807) is 4.90 Å². The predicted octanol–water partition coefficient (Wildman–Crippen LogP) is 2.85.